The number of nitrogens with zero attached hydrogens (tertiary/aromatic N) is 4. The minimum Gasteiger partial charge on any atom is -0.341 e. The molecule has 1 aliphatic heterocycles. The fourth-order valence-corrected chi connectivity index (χ4v) is 2.86. The van der Waals surface area contributed by atoms with Crippen LogP contribution in [0, 0.1) is 6.92 Å². The first kappa shape index (κ1) is 13.8. The van der Waals surface area contributed by atoms with E-state index in [-0.39, 0.29) is 11.9 Å². The van der Waals surface area contributed by atoms with Crippen LogP contribution in [0.15, 0.2) is 24.3 Å². The average Bonchev–Trinajstić information content (AvgIpc) is 2.96. The van der Waals surface area contributed by atoms with E-state index in [0.29, 0.717) is 0 Å². The molecule has 1 amide bonds. The van der Waals surface area contributed by atoms with Gasteiger partial charge in [-0.15, -0.1) is 0 Å². The number of hydrogen-bond donors (Lipinski definition) is 0. The zero-order chi connectivity index (χ0) is 15.0. The Morgan fingerprint density at radius 3 is 2.86 bits per heavy atom. The lowest BCUT2D eigenvalue weighted by molar-refractivity contribution is -0.129. The molecule has 0 aliphatic carbocycles. The van der Waals surface area contributed by atoms with Crippen LogP contribution >= 0.6 is 0 Å². The summed E-state index contributed by atoms with van der Waals surface area (Å²) in [5.41, 5.74) is 1.97. The number of aromatic nitrogens is 2. The van der Waals surface area contributed by atoms with Crippen molar-refractivity contribution in [1.29, 1.82) is 0 Å². The van der Waals surface area contributed by atoms with Crippen LogP contribution in [0.1, 0.15) is 19.0 Å². The van der Waals surface area contributed by atoms with Crippen LogP contribution in [0.5, 0.6) is 0 Å². The lowest BCUT2D eigenvalue weighted by Gasteiger charge is -2.23. The van der Waals surface area contributed by atoms with E-state index in [1.165, 1.54) is 0 Å². The molecule has 5 heteroatoms. The van der Waals surface area contributed by atoms with E-state index in [9.17, 15) is 4.79 Å². The van der Waals surface area contributed by atoms with Gasteiger partial charge in [0.15, 0.2) is 0 Å². The summed E-state index contributed by atoms with van der Waals surface area (Å²) in [5.74, 6) is 0.878. The van der Waals surface area contributed by atoms with Crippen molar-refractivity contribution in [1.82, 2.24) is 14.9 Å². The van der Waals surface area contributed by atoms with Crippen molar-refractivity contribution >= 4 is 22.8 Å². The first-order valence-electron chi connectivity index (χ1n) is 7.28. The molecule has 0 unspecified atom stereocenters. The Morgan fingerprint density at radius 1 is 1.33 bits per heavy atom. The summed E-state index contributed by atoms with van der Waals surface area (Å²) >= 11 is 0. The highest BCUT2D eigenvalue weighted by atomic mass is 16.2. The Hall–Kier alpha value is -2.17. The quantitative estimate of drug-likeness (QED) is 0.846. The molecule has 2 heterocycles. The maximum absolute atomic E-state index is 11.5. The number of amides is 1. The second kappa shape index (κ2) is 5.31. The molecule has 0 bridgehead atoms. The zero-order valence-corrected chi connectivity index (χ0v) is 12.7. The van der Waals surface area contributed by atoms with Crippen LogP contribution in [0.4, 0.5) is 5.95 Å². The second-order valence-electron chi connectivity index (χ2n) is 5.64. The maximum Gasteiger partial charge on any atom is 0.226 e. The number of carbonyl (C=O) groups is 1. The van der Waals surface area contributed by atoms with Crippen LogP contribution in [0.3, 0.4) is 0 Å². The maximum atomic E-state index is 11.5. The average molecular weight is 284 g/mol. The molecule has 110 valence electrons. The van der Waals surface area contributed by atoms with E-state index < -0.39 is 0 Å². The molecule has 0 saturated carbocycles. The molecular formula is C16H20N4O. The number of aryl methyl sites for hydroxylation is 1. The van der Waals surface area contributed by atoms with Crippen LogP contribution in [-0.4, -0.2) is 47.0 Å². The normalized spacial score (nSPS) is 18.2. The Morgan fingerprint density at radius 2 is 2.10 bits per heavy atom. The Balaban J connectivity index is 1.87. The van der Waals surface area contributed by atoms with Crippen molar-refractivity contribution in [3.8, 4) is 0 Å². The Kier molecular flexibility index (Phi) is 3.49. The van der Waals surface area contributed by atoms with Gasteiger partial charge in [-0.1, -0.05) is 18.2 Å². The van der Waals surface area contributed by atoms with Gasteiger partial charge in [-0.3, -0.25) is 4.79 Å². The van der Waals surface area contributed by atoms with Crippen LogP contribution in [0.25, 0.3) is 10.9 Å². The van der Waals surface area contributed by atoms with Gasteiger partial charge in [0.25, 0.3) is 0 Å². The van der Waals surface area contributed by atoms with Gasteiger partial charge < -0.3 is 9.80 Å². The highest BCUT2D eigenvalue weighted by Crippen LogP contribution is 2.23. The molecule has 0 N–H and O–H groups in total. The van der Waals surface area contributed by atoms with Crippen molar-refractivity contribution in [2.45, 2.75) is 26.3 Å². The summed E-state index contributed by atoms with van der Waals surface area (Å²) in [6.45, 7) is 5.32. The van der Waals surface area contributed by atoms with Crippen LogP contribution < -0.4 is 4.90 Å². The van der Waals surface area contributed by atoms with E-state index in [0.717, 1.165) is 42.1 Å². The minimum atomic E-state index is 0.109. The number of rotatable bonds is 2. The lowest BCUT2D eigenvalue weighted by Crippen LogP contribution is -2.37. The van der Waals surface area contributed by atoms with Crippen molar-refractivity contribution in [3.05, 3.63) is 30.0 Å². The monoisotopic (exact) mass is 284 g/mol. The predicted molar refractivity (Wildman–Crippen MR) is 83.3 cm³/mol. The third-order valence-corrected chi connectivity index (χ3v) is 4.27. The van der Waals surface area contributed by atoms with Crippen molar-refractivity contribution < 1.29 is 4.79 Å². The summed E-state index contributed by atoms with van der Waals surface area (Å²) in [6.07, 6.45) is 0.964. The predicted octanol–water partition coefficient (Wildman–Crippen LogP) is 2.00. The molecule has 0 spiro atoms. The third-order valence-electron chi connectivity index (χ3n) is 4.27. The van der Waals surface area contributed by atoms with E-state index >= 15 is 0 Å². The van der Waals surface area contributed by atoms with E-state index in [2.05, 4.69) is 14.9 Å². The largest absolute Gasteiger partial charge is 0.341 e. The molecule has 1 aromatic carbocycles. The summed E-state index contributed by atoms with van der Waals surface area (Å²) in [5, 5.41) is 1.10. The first-order valence-corrected chi connectivity index (χ1v) is 7.28. The number of para-hydroxylation sites is 1. The Bertz CT molecular complexity index is 685. The SMILES string of the molecule is CC(=O)N(C)[C@H]1CCN(c2nc(C)c3ccccc3n2)C1. The standard InChI is InChI=1S/C16H20N4O/c1-11-14-6-4-5-7-15(14)18-16(17-11)20-9-8-13(10-20)19(3)12(2)21/h4-7,13H,8-10H2,1-3H3/t13-/m0/s1. The fraction of sp³-hybridized carbons (Fsp3) is 0.438. The molecule has 1 aliphatic rings. The number of benzene rings is 1. The van der Waals surface area contributed by atoms with Crippen LogP contribution in [-0.2, 0) is 4.79 Å². The first-order chi connectivity index (χ1) is 10.1. The molecule has 21 heavy (non-hydrogen) atoms. The molecule has 2 aromatic rings. The highest BCUT2D eigenvalue weighted by molar-refractivity contribution is 5.81. The number of carbonyl (C=O) groups excluding carboxylic acids is 1. The van der Waals surface area contributed by atoms with Gasteiger partial charge in [0, 0.05) is 32.4 Å². The highest BCUT2D eigenvalue weighted by Gasteiger charge is 2.28. The summed E-state index contributed by atoms with van der Waals surface area (Å²) < 4.78 is 0. The molecular weight excluding hydrogens is 264 g/mol. The van der Waals surface area contributed by atoms with Crippen molar-refractivity contribution in [2.24, 2.45) is 0 Å². The van der Waals surface area contributed by atoms with E-state index in [4.69, 9.17) is 0 Å². The van der Waals surface area contributed by atoms with Crippen molar-refractivity contribution in [2.75, 3.05) is 25.0 Å². The zero-order valence-electron chi connectivity index (χ0n) is 12.7. The summed E-state index contributed by atoms with van der Waals surface area (Å²) in [6, 6.07) is 8.31. The van der Waals surface area contributed by atoms with Gasteiger partial charge in [-0.2, -0.15) is 0 Å². The number of likely N-dealkylation sites (N-methyl/N-ethyl adjacent to an activating group) is 1. The smallest absolute Gasteiger partial charge is 0.226 e. The van der Waals surface area contributed by atoms with Gasteiger partial charge >= 0.3 is 0 Å². The van der Waals surface area contributed by atoms with Gasteiger partial charge in [0.05, 0.1) is 17.3 Å². The molecule has 1 saturated heterocycles. The number of fused-ring (bicyclic) bond motifs is 1. The summed E-state index contributed by atoms with van der Waals surface area (Å²) in [7, 11) is 1.86. The van der Waals surface area contributed by atoms with Gasteiger partial charge in [-0.05, 0) is 19.4 Å². The minimum absolute atomic E-state index is 0.109. The number of anilines is 1. The molecule has 1 fully saturated rings. The fourth-order valence-electron chi connectivity index (χ4n) is 2.86. The molecule has 1 aromatic heterocycles. The molecule has 0 radical (unpaired) electrons. The number of hydrogen-bond acceptors (Lipinski definition) is 4. The van der Waals surface area contributed by atoms with Crippen LogP contribution in [0.2, 0.25) is 0 Å². The topological polar surface area (TPSA) is 49.3 Å². The molecule has 3 rings (SSSR count). The Labute approximate surface area is 124 Å². The van der Waals surface area contributed by atoms with Crippen molar-refractivity contribution in [3.63, 3.8) is 0 Å². The summed E-state index contributed by atoms with van der Waals surface area (Å²) in [4.78, 5) is 24.8. The van der Waals surface area contributed by atoms with E-state index in [1.54, 1.807) is 6.92 Å². The van der Waals surface area contributed by atoms with Gasteiger partial charge in [0.2, 0.25) is 11.9 Å². The lowest BCUT2D eigenvalue weighted by atomic mass is 10.2. The second-order valence-corrected chi connectivity index (χ2v) is 5.64. The molecule has 1 atom stereocenters. The molecule has 5 nitrogen and oxygen atoms in total. The van der Waals surface area contributed by atoms with Gasteiger partial charge in [0.1, 0.15) is 0 Å². The van der Waals surface area contributed by atoms with Gasteiger partial charge in [-0.25, -0.2) is 9.97 Å². The third kappa shape index (κ3) is 2.55. The van der Waals surface area contributed by atoms with E-state index in [1.807, 2.05) is 43.1 Å².